The third-order valence-electron chi connectivity index (χ3n) is 4.87. The van der Waals surface area contributed by atoms with E-state index in [-0.39, 0.29) is 5.91 Å². The van der Waals surface area contributed by atoms with Gasteiger partial charge in [-0.05, 0) is 56.3 Å². The molecule has 0 fully saturated rings. The van der Waals surface area contributed by atoms with Crippen LogP contribution in [0.3, 0.4) is 0 Å². The van der Waals surface area contributed by atoms with Gasteiger partial charge in [-0.3, -0.25) is 4.79 Å². The number of nitrogens with zero attached hydrogens (tertiary/aromatic N) is 5. The lowest BCUT2D eigenvalue weighted by molar-refractivity contribution is -0.124. The number of hydrogen-bond acceptors (Lipinski definition) is 6. The lowest BCUT2D eigenvalue weighted by Crippen LogP contribution is -2.28. The van der Waals surface area contributed by atoms with E-state index < -0.39 is 0 Å². The van der Waals surface area contributed by atoms with Crippen molar-refractivity contribution in [3.63, 3.8) is 0 Å². The van der Waals surface area contributed by atoms with E-state index in [4.69, 9.17) is 15.6 Å². The van der Waals surface area contributed by atoms with E-state index in [9.17, 15) is 4.79 Å². The van der Waals surface area contributed by atoms with Crippen LogP contribution in [0.15, 0.2) is 79.4 Å². The molecule has 0 aliphatic rings. The molecule has 8 nitrogen and oxygen atoms in total. The number of carbonyl (C=O) groups excluding carboxylic acids is 1. The highest BCUT2D eigenvalue weighted by Crippen LogP contribution is 2.31. The summed E-state index contributed by atoms with van der Waals surface area (Å²) in [6.45, 7) is 8.38. The van der Waals surface area contributed by atoms with Crippen LogP contribution in [-0.4, -0.2) is 44.1 Å². The maximum absolute atomic E-state index is 12.0. The number of amides is 1. The summed E-state index contributed by atoms with van der Waals surface area (Å²) in [4.78, 5) is 22.2. The second kappa shape index (κ2) is 10.9. The van der Waals surface area contributed by atoms with Crippen LogP contribution in [0.4, 0.5) is 5.82 Å². The average Bonchev–Trinajstić information content (AvgIpc) is 3.18. The Bertz CT molecular complexity index is 1220. The molecule has 3 rings (SSSR count). The van der Waals surface area contributed by atoms with E-state index >= 15 is 0 Å². The Labute approximate surface area is 193 Å². The molecular weight excluding hydrogens is 416 g/mol. The van der Waals surface area contributed by atoms with Gasteiger partial charge < -0.3 is 15.4 Å². The van der Waals surface area contributed by atoms with Crippen molar-refractivity contribution in [1.82, 2.24) is 24.6 Å². The predicted octanol–water partition coefficient (Wildman–Crippen LogP) is 4.13. The van der Waals surface area contributed by atoms with Crippen molar-refractivity contribution < 1.29 is 9.53 Å². The fraction of sp³-hybridized carbons (Fsp3) is 0.200. The summed E-state index contributed by atoms with van der Waals surface area (Å²) < 4.78 is 7.65. The Kier molecular flexibility index (Phi) is 7.75. The van der Waals surface area contributed by atoms with Crippen LogP contribution >= 0.6 is 0 Å². The minimum Gasteiger partial charge on any atom is -0.457 e. The maximum Gasteiger partial charge on any atom is 0.246 e. The fourth-order valence-corrected chi connectivity index (χ4v) is 3.23. The third-order valence-corrected chi connectivity index (χ3v) is 4.87. The van der Waals surface area contributed by atoms with Gasteiger partial charge >= 0.3 is 0 Å². The van der Waals surface area contributed by atoms with Crippen molar-refractivity contribution in [2.24, 2.45) is 0 Å². The van der Waals surface area contributed by atoms with Crippen LogP contribution in [0.2, 0.25) is 0 Å². The molecular formula is C25H28N6O2. The predicted molar refractivity (Wildman–Crippen MR) is 131 cm³/mol. The molecule has 2 heterocycles. The summed E-state index contributed by atoms with van der Waals surface area (Å²) in [5.74, 6) is 1.65. The van der Waals surface area contributed by atoms with Crippen molar-refractivity contribution in [3.8, 4) is 17.0 Å². The van der Waals surface area contributed by atoms with Gasteiger partial charge in [0.25, 0.3) is 0 Å². The maximum atomic E-state index is 12.0. The van der Waals surface area contributed by atoms with Crippen LogP contribution in [-0.2, 0) is 11.3 Å². The molecule has 0 saturated heterocycles. The van der Waals surface area contributed by atoms with Gasteiger partial charge in [0.2, 0.25) is 5.91 Å². The van der Waals surface area contributed by atoms with Gasteiger partial charge in [0, 0.05) is 19.2 Å². The van der Waals surface area contributed by atoms with Crippen LogP contribution in [0.5, 0.6) is 5.75 Å². The lowest BCUT2D eigenvalue weighted by Gasteiger charge is -2.15. The minimum atomic E-state index is -0.0679. The van der Waals surface area contributed by atoms with Gasteiger partial charge in [-0.15, -0.1) is 0 Å². The van der Waals surface area contributed by atoms with Gasteiger partial charge in [-0.25, -0.2) is 14.6 Å². The quantitative estimate of drug-likeness (QED) is 0.303. The molecule has 0 unspecified atom stereocenters. The molecule has 0 saturated carbocycles. The number of rotatable bonds is 9. The number of carbonyl (C=O) groups is 1. The Morgan fingerprint density at radius 1 is 1.18 bits per heavy atom. The lowest BCUT2D eigenvalue weighted by atomic mass is 10.1. The SMILES string of the molecule is C=C/C=C(\C=C/C)Oc1ccc(-c2nn(CCN(C)C(=O)/C=C/C)c3ncnc(N)c23)cc1. The molecule has 1 aromatic carbocycles. The number of hydrogen-bond donors (Lipinski definition) is 1. The summed E-state index contributed by atoms with van der Waals surface area (Å²) >= 11 is 0. The van der Waals surface area contributed by atoms with Crippen LogP contribution < -0.4 is 10.5 Å². The molecule has 2 N–H and O–H groups in total. The number of nitrogen functional groups attached to an aromatic ring is 1. The molecule has 170 valence electrons. The number of likely N-dealkylation sites (N-methyl/N-ethyl adjacent to an activating group) is 1. The smallest absolute Gasteiger partial charge is 0.246 e. The summed E-state index contributed by atoms with van der Waals surface area (Å²) in [6, 6.07) is 7.56. The van der Waals surface area contributed by atoms with Crippen molar-refractivity contribution in [3.05, 3.63) is 79.4 Å². The topological polar surface area (TPSA) is 99.2 Å². The van der Waals surface area contributed by atoms with Crippen molar-refractivity contribution in [2.45, 2.75) is 20.4 Å². The summed E-state index contributed by atoms with van der Waals surface area (Å²) in [5, 5.41) is 5.42. The number of aromatic nitrogens is 4. The van der Waals surface area contributed by atoms with Crippen LogP contribution in [0, 0.1) is 0 Å². The Morgan fingerprint density at radius 3 is 2.58 bits per heavy atom. The van der Waals surface area contributed by atoms with Crippen molar-refractivity contribution >= 4 is 22.8 Å². The summed E-state index contributed by atoms with van der Waals surface area (Å²) in [5.41, 5.74) is 8.33. The van der Waals surface area contributed by atoms with Gasteiger partial charge in [0.1, 0.15) is 29.3 Å². The van der Waals surface area contributed by atoms with E-state index in [2.05, 4.69) is 16.5 Å². The number of fused-ring (bicyclic) bond motifs is 1. The second-order valence-electron chi connectivity index (χ2n) is 7.22. The molecule has 0 spiro atoms. The first kappa shape index (κ1) is 23.5. The first-order valence-corrected chi connectivity index (χ1v) is 10.6. The van der Waals surface area contributed by atoms with E-state index in [0.29, 0.717) is 47.1 Å². The molecule has 3 aromatic rings. The zero-order valence-electron chi connectivity index (χ0n) is 19.1. The Balaban J connectivity index is 1.91. The highest BCUT2D eigenvalue weighted by molar-refractivity contribution is 5.98. The highest BCUT2D eigenvalue weighted by atomic mass is 16.5. The number of nitrogens with two attached hydrogens (primary N) is 1. The molecule has 0 atom stereocenters. The number of benzene rings is 1. The van der Waals surface area contributed by atoms with E-state index in [1.807, 2.05) is 50.3 Å². The second-order valence-corrected chi connectivity index (χ2v) is 7.22. The van der Waals surface area contributed by atoms with Gasteiger partial charge in [-0.2, -0.15) is 5.10 Å². The fourth-order valence-electron chi connectivity index (χ4n) is 3.23. The largest absolute Gasteiger partial charge is 0.457 e. The monoisotopic (exact) mass is 444 g/mol. The van der Waals surface area contributed by atoms with E-state index in [1.165, 1.54) is 12.4 Å². The average molecular weight is 445 g/mol. The number of anilines is 1. The van der Waals surface area contributed by atoms with Crippen molar-refractivity contribution in [1.29, 1.82) is 0 Å². The summed E-state index contributed by atoms with van der Waals surface area (Å²) in [7, 11) is 1.75. The standard InChI is InChI=1S/C25H28N6O2/c1-5-8-19(9-6-2)33-20-13-11-18(12-14-20)23-22-24(26)27-17-28-25(22)31(29-23)16-15-30(4)21(32)10-7-3/h5-14,17H,1,15-16H2,2-4H3,(H2,26,27,28)/b9-6-,10-7+,19-8+. The molecule has 0 aliphatic carbocycles. The molecule has 33 heavy (non-hydrogen) atoms. The first-order chi connectivity index (χ1) is 16.0. The zero-order chi connectivity index (χ0) is 23.8. The molecule has 2 aromatic heterocycles. The normalized spacial score (nSPS) is 12.0. The molecule has 0 radical (unpaired) electrons. The van der Waals surface area contributed by atoms with Crippen molar-refractivity contribution in [2.75, 3.05) is 19.3 Å². The summed E-state index contributed by atoms with van der Waals surface area (Å²) in [6.07, 6.45) is 11.9. The van der Waals surface area contributed by atoms with Gasteiger partial charge in [0.15, 0.2) is 5.65 Å². The Hall–Kier alpha value is -4.20. The van der Waals surface area contributed by atoms with Crippen LogP contribution in [0.25, 0.3) is 22.3 Å². The molecule has 0 bridgehead atoms. The minimum absolute atomic E-state index is 0.0679. The van der Waals surface area contributed by atoms with E-state index in [1.54, 1.807) is 34.9 Å². The zero-order valence-corrected chi connectivity index (χ0v) is 19.1. The first-order valence-electron chi connectivity index (χ1n) is 10.6. The highest BCUT2D eigenvalue weighted by Gasteiger charge is 2.18. The molecule has 1 amide bonds. The van der Waals surface area contributed by atoms with Gasteiger partial charge in [0.05, 0.1) is 11.9 Å². The number of allylic oxidation sites excluding steroid dienone is 5. The van der Waals surface area contributed by atoms with Crippen LogP contribution in [0.1, 0.15) is 13.8 Å². The van der Waals surface area contributed by atoms with E-state index in [0.717, 1.165) is 5.56 Å². The Morgan fingerprint density at radius 2 is 1.91 bits per heavy atom. The molecule has 8 heteroatoms. The third kappa shape index (κ3) is 5.54. The molecule has 0 aliphatic heterocycles. The number of ether oxygens (including phenoxy) is 1. The van der Waals surface area contributed by atoms with Gasteiger partial charge in [-0.1, -0.05) is 24.8 Å².